The predicted octanol–water partition coefficient (Wildman–Crippen LogP) is -0.713. The Morgan fingerprint density at radius 3 is 2.29 bits per heavy atom. The Kier molecular flexibility index (Phi) is 11.6. The van der Waals surface area contributed by atoms with Crippen molar-refractivity contribution in [3.8, 4) is 23.0 Å². The Balaban J connectivity index is 1.44. The standard InChI is InChI=1S/C30H38O15/c1-14-23(35)25(37)26(38)30(43-14)45-28-24(36)21(13-42-22(34)8-5-15-4-7-18(32)20(12-15)40-2)44-29(27(28)39)41-10-9-16-3-6-17(31)19(33)11-16/h3-8,11-12,14,21,23-33,35-39H,9-10,13H2,1-2H3/t14-,21+,23-,24+,25+,26+,27+,28-,29+,30-/m0/s1. The van der Waals surface area contributed by atoms with Gasteiger partial charge in [-0.05, 0) is 54.8 Å². The average Bonchev–Trinajstić information content (AvgIpc) is 3.02. The van der Waals surface area contributed by atoms with Crippen LogP contribution in [0.15, 0.2) is 42.5 Å². The lowest BCUT2D eigenvalue weighted by Crippen LogP contribution is -2.64. The molecule has 15 heteroatoms. The van der Waals surface area contributed by atoms with Gasteiger partial charge in [-0.25, -0.2) is 4.79 Å². The van der Waals surface area contributed by atoms with E-state index in [-0.39, 0.29) is 36.0 Å². The highest BCUT2D eigenvalue weighted by Gasteiger charge is 2.50. The van der Waals surface area contributed by atoms with Crippen molar-refractivity contribution in [3.05, 3.63) is 53.6 Å². The molecule has 10 atom stereocenters. The normalized spacial score (nSPS) is 32.0. The van der Waals surface area contributed by atoms with Crippen LogP contribution in [-0.4, -0.2) is 129 Å². The van der Waals surface area contributed by atoms with Gasteiger partial charge < -0.3 is 69.3 Å². The molecule has 0 spiro atoms. The molecule has 248 valence electrons. The molecule has 45 heavy (non-hydrogen) atoms. The third-order valence-electron chi connectivity index (χ3n) is 7.46. The van der Waals surface area contributed by atoms with Crippen molar-refractivity contribution in [1.82, 2.24) is 0 Å². The summed E-state index contributed by atoms with van der Waals surface area (Å²) in [7, 11) is 1.38. The van der Waals surface area contributed by atoms with Gasteiger partial charge in [0.25, 0.3) is 0 Å². The minimum absolute atomic E-state index is 0.0649. The zero-order chi connectivity index (χ0) is 32.8. The van der Waals surface area contributed by atoms with E-state index in [1.165, 1.54) is 44.4 Å². The Morgan fingerprint density at radius 2 is 1.58 bits per heavy atom. The van der Waals surface area contributed by atoms with E-state index in [9.17, 15) is 45.6 Å². The molecule has 2 fully saturated rings. The smallest absolute Gasteiger partial charge is 0.330 e. The molecule has 15 nitrogen and oxygen atoms in total. The first-order chi connectivity index (χ1) is 21.4. The van der Waals surface area contributed by atoms with Crippen LogP contribution in [0, 0.1) is 0 Å². The number of aromatic hydroxyl groups is 3. The third kappa shape index (κ3) is 8.40. The van der Waals surface area contributed by atoms with Crippen molar-refractivity contribution in [2.45, 2.75) is 74.8 Å². The van der Waals surface area contributed by atoms with Crippen LogP contribution in [0.5, 0.6) is 23.0 Å². The van der Waals surface area contributed by atoms with Gasteiger partial charge in [-0.2, -0.15) is 0 Å². The monoisotopic (exact) mass is 638 g/mol. The summed E-state index contributed by atoms with van der Waals surface area (Å²) >= 11 is 0. The minimum Gasteiger partial charge on any atom is -0.504 e. The molecule has 2 aliphatic rings. The van der Waals surface area contributed by atoms with Crippen LogP contribution in [0.3, 0.4) is 0 Å². The van der Waals surface area contributed by atoms with Crippen LogP contribution in [-0.2, 0) is 34.9 Å². The molecule has 0 unspecified atom stereocenters. The first kappa shape index (κ1) is 34.4. The summed E-state index contributed by atoms with van der Waals surface area (Å²) in [4.78, 5) is 12.5. The summed E-state index contributed by atoms with van der Waals surface area (Å²) in [6.07, 6.45) is -12.2. The molecule has 0 radical (unpaired) electrons. The summed E-state index contributed by atoms with van der Waals surface area (Å²) in [5.74, 6) is -1.32. The van der Waals surface area contributed by atoms with Gasteiger partial charge in [-0.1, -0.05) is 12.1 Å². The van der Waals surface area contributed by atoms with Crippen LogP contribution in [0.25, 0.3) is 6.08 Å². The third-order valence-corrected chi connectivity index (χ3v) is 7.46. The van der Waals surface area contributed by atoms with Crippen LogP contribution < -0.4 is 4.74 Å². The van der Waals surface area contributed by atoms with E-state index >= 15 is 0 Å². The molecule has 0 aromatic heterocycles. The van der Waals surface area contributed by atoms with Gasteiger partial charge in [-0.15, -0.1) is 0 Å². The number of carbonyl (C=O) groups excluding carboxylic acids is 1. The maximum atomic E-state index is 12.5. The van der Waals surface area contributed by atoms with Crippen molar-refractivity contribution in [3.63, 3.8) is 0 Å². The Morgan fingerprint density at radius 1 is 0.844 bits per heavy atom. The maximum absolute atomic E-state index is 12.5. The molecule has 0 aliphatic carbocycles. The molecule has 2 saturated heterocycles. The molecule has 2 aliphatic heterocycles. The van der Waals surface area contributed by atoms with Crippen LogP contribution in [0.1, 0.15) is 18.1 Å². The fraction of sp³-hybridized carbons (Fsp3) is 0.500. The highest BCUT2D eigenvalue weighted by atomic mass is 16.7. The van der Waals surface area contributed by atoms with Crippen molar-refractivity contribution < 1.29 is 74.1 Å². The summed E-state index contributed by atoms with van der Waals surface area (Å²) in [6, 6.07) is 8.61. The first-order valence-electron chi connectivity index (χ1n) is 14.1. The van der Waals surface area contributed by atoms with Gasteiger partial charge in [0.05, 0.1) is 19.8 Å². The van der Waals surface area contributed by atoms with E-state index in [2.05, 4.69) is 0 Å². The fourth-order valence-electron chi connectivity index (χ4n) is 4.81. The van der Waals surface area contributed by atoms with Gasteiger partial charge in [-0.3, -0.25) is 0 Å². The Hall–Kier alpha value is -3.51. The molecule has 0 saturated carbocycles. The van der Waals surface area contributed by atoms with E-state index in [1.807, 2.05) is 0 Å². The van der Waals surface area contributed by atoms with Gasteiger partial charge in [0, 0.05) is 6.08 Å². The molecule has 8 N–H and O–H groups in total. The number of carbonyl (C=O) groups is 1. The van der Waals surface area contributed by atoms with Crippen LogP contribution in [0.2, 0.25) is 0 Å². The number of aliphatic hydroxyl groups excluding tert-OH is 5. The largest absolute Gasteiger partial charge is 0.504 e. The SMILES string of the molecule is COc1cc(C=CC(=O)OC[C@H]2O[C@@H](OCCc3ccc(O)c(O)c3)[C@H](O)[C@@H](O[C@@H]3O[C@@H](C)[C@H](O)[C@@H](O)[C@H]3O)[C@@H]2O)ccc1O. The zero-order valence-electron chi connectivity index (χ0n) is 24.4. The molecule has 4 rings (SSSR count). The average molecular weight is 639 g/mol. The van der Waals surface area contributed by atoms with E-state index in [0.717, 1.165) is 6.08 Å². The second kappa shape index (κ2) is 15.2. The summed E-state index contributed by atoms with van der Waals surface area (Å²) < 4.78 is 32.9. The van der Waals surface area contributed by atoms with Crippen LogP contribution >= 0.6 is 0 Å². The predicted molar refractivity (Wildman–Crippen MR) is 152 cm³/mol. The summed E-state index contributed by atoms with van der Waals surface area (Å²) in [5.41, 5.74) is 1.11. The van der Waals surface area contributed by atoms with Gasteiger partial charge in [0.15, 0.2) is 35.6 Å². The number of phenols is 3. The second-order valence-electron chi connectivity index (χ2n) is 10.6. The molecular weight excluding hydrogens is 600 g/mol. The van der Waals surface area contributed by atoms with Crippen molar-refractivity contribution >= 4 is 12.0 Å². The number of esters is 1. The number of methoxy groups -OCH3 is 1. The van der Waals surface area contributed by atoms with Gasteiger partial charge in [0.2, 0.25) is 0 Å². The lowest BCUT2D eigenvalue weighted by molar-refractivity contribution is -0.357. The Labute approximate surface area is 258 Å². The number of benzene rings is 2. The van der Waals surface area contributed by atoms with E-state index in [1.54, 1.807) is 12.1 Å². The van der Waals surface area contributed by atoms with Gasteiger partial charge in [0.1, 0.15) is 49.3 Å². The van der Waals surface area contributed by atoms with Crippen LogP contribution in [0.4, 0.5) is 0 Å². The topological polar surface area (TPSA) is 234 Å². The molecule has 2 aromatic carbocycles. The lowest BCUT2D eigenvalue weighted by Gasteiger charge is -2.45. The number of hydrogen-bond donors (Lipinski definition) is 8. The van der Waals surface area contributed by atoms with Crippen molar-refractivity contribution in [2.75, 3.05) is 20.3 Å². The Bertz CT molecular complexity index is 1320. The van der Waals surface area contributed by atoms with Crippen molar-refractivity contribution in [2.24, 2.45) is 0 Å². The van der Waals surface area contributed by atoms with E-state index in [4.69, 9.17) is 28.4 Å². The number of ether oxygens (including phenoxy) is 6. The lowest BCUT2D eigenvalue weighted by atomic mass is 9.97. The summed E-state index contributed by atoms with van der Waals surface area (Å²) in [5, 5.41) is 81.7. The minimum atomic E-state index is -1.74. The summed E-state index contributed by atoms with van der Waals surface area (Å²) in [6.45, 7) is 0.849. The fourth-order valence-corrected chi connectivity index (χ4v) is 4.81. The highest BCUT2D eigenvalue weighted by molar-refractivity contribution is 5.87. The first-order valence-corrected chi connectivity index (χ1v) is 14.1. The highest BCUT2D eigenvalue weighted by Crippen LogP contribution is 2.31. The molecule has 2 aromatic rings. The molecule has 0 bridgehead atoms. The number of rotatable bonds is 11. The second-order valence-corrected chi connectivity index (χ2v) is 10.6. The van der Waals surface area contributed by atoms with E-state index < -0.39 is 74.0 Å². The number of phenolic OH excluding ortho intramolecular Hbond substituents is 3. The maximum Gasteiger partial charge on any atom is 0.330 e. The molecule has 2 heterocycles. The zero-order valence-corrected chi connectivity index (χ0v) is 24.4. The quantitative estimate of drug-likeness (QED) is 0.0862. The molecule has 0 amide bonds. The number of aliphatic hydroxyl groups is 5. The van der Waals surface area contributed by atoms with E-state index in [0.29, 0.717) is 11.1 Å². The van der Waals surface area contributed by atoms with Gasteiger partial charge >= 0.3 is 5.97 Å². The molecular formula is C30H38O15. The van der Waals surface area contributed by atoms with Crippen molar-refractivity contribution in [1.29, 1.82) is 0 Å². The number of hydrogen-bond acceptors (Lipinski definition) is 15.